The van der Waals surface area contributed by atoms with E-state index in [1.54, 1.807) is 30.2 Å². The first kappa shape index (κ1) is 21.9. The molecule has 1 fully saturated rings. The van der Waals surface area contributed by atoms with E-state index >= 15 is 0 Å². The number of rotatable bonds is 8. The van der Waals surface area contributed by atoms with Crippen LogP contribution in [-0.4, -0.2) is 41.2 Å². The summed E-state index contributed by atoms with van der Waals surface area (Å²) in [7, 11) is 0. The summed E-state index contributed by atoms with van der Waals surface area (Å²) in [6.07, 6.45) is 6.50. The van der Waals surface area contributed by atoms with Gasteiger partial charge in [-0.1, -0.05) is 30.3 Å². The maximum Gasteiger partial charge on any atom is 0.257 e. The van der Waals surface area contributed by atoms with Gasteiger partial charge < -0.3 is 18.6 Å². The molecule has 1 aliphatic rings. The molecule has 0 spiro atoms. The van der Waals surface area contributed by atoms with E-state index in [0.29, 0.717) is 42.5 Å². The van der Waals surface area contributed by atoms with Crippen LogP contribution in [0, 0.1) is 12.8 Å². The number of amides is 2. The number of hydrogen-bond acceptors (Lipinski definition) is 4. The van der Waals surface area contributed by atoms with Gasteiger partial charge in [0.15, 0.2) is 0 Å². The van der Waals surface area contributed by atoms with Gasteiger partial charge >= 0.3 is 0 Å². The van der Waals surface area contributed by atoms with Crippen LogP contribution in [0.1, 0.15) is 46.7 Å². The largest absolute Gasteiger partial charge is 0.469 e. The van der Waals surface area contributed by atoms with Gasteiger partial charge in [-0.2, -0.15) is 0 Å². The molecule has 1 aliphatic heterocycles. The number of piperidine rings is 1. The fraction of sp³-hybridized carbons (Fsp3) is 0.385. The lowest BCUT2D eigenvalue weighted by atomic mass is 9.90. The molecule has 2 amide bonds. The minimum absolute atomic E-state index is 0.101. The summed E-state index contributed by atoms with van der Waals surface area (Å²) in [5.74, 6) is 1.83. The second-order valence-corrected chi connectivity index (χ2v) is 8.46. The van der Waals surface area contributed by atoms with Gasteiger partial charge in [0, 0.05) is 26.1 Å². The van der Waals surface area contributed by atoms with Crippen molar-refractivity contribution in [1.82, 2.24) is 9.80 Å². The molecule has 0 radical (unpaired) electrons. The minimum Gasteiger partial charge on any atom is -0.469 e. The molecule has 0 bridgehead atoms. The smallest absolute Gasteiger partial charge is 0.257 e. The number of carbonyl (C=O) groups excluding carboxylic acids is 2. The van der Waals surface area contributed by atoms with E-state index in [9.17, 15) is 9.59 Å². The second-order valence-electron chi connectivity index (χ2n) is 8.46. The molecule has 1 aromatic carbocycles. The van der Waals surface area contributed by atoms with Crippen molar-refractivity contribution in [1.29, 1.82) is 0 Å². The first-order chi connectivity index (χ1) is 15.6. The summed E-state index contributed by atoms with van der Waals surface area (Å²) in [6.45, 7) is 3.99. The van der Waals surface area contributed by atoms with E-state index in [1.807, 2.05) is 17.0 Å². The van der Waals surface area contributed by atoms with Crippen molar-refractivity contribution in [3.8, 4) is 0 Å². The first-order valence-corrected chi connectivity index (χ1v) is 11.3. The molecule has 6 heteroatoms. The number of nitrogens with zero attached hydrogens (tertiary/aromatic N) is 2. The van der Waals surface area contributed by atoms with E-state index in [4.69, 9.17) is 8.83 Å². The molecule has 0 atom stereocenters. The van der Waals surface area contributed by atoms with Gasteiger partial charge in [0.1, 0.15) is 11.5 Å². The van der Waals surface area contributed by atoms with Gasteiger partial charge in [-0.15, -0.1) is 0 Å². The third-order valence-corrected chi connectivity index (χ3v) is 6.23. The molecule has 0 saturated carbocycles. The number of furan rings is 2. The van der Waals surface area contributed by atoms with E-state index in [2.05, 4.69) is 24.3 Å². The highest BCUT2D eigenvalue weighted by Crippen LogP contribution is 2.22. The Bertz CT molecular complexity index is 1000. The third kappa shape index (κ3) is 5.49. The molecule has 0 aliphatic carbocycles. The highest BCUT2D eigenvalue weighted by molar-refractivity contribution is 5.95. The number of hydrogen-bond donors (Lipinski definition) is 0. The molecule has 3 heterocycles. The van der Waals surface area contributed by atoms with Gasteiger partial charge in [0.05, 0.1) is 24.6 Å². The minimum atomic E-state index is -0.151. The van der Waals surface area contributed by atoms with Crippen molar-refractivity contribution in [2.45, 2.75) is 39.2 Å². The van der Waals surface area contributed by atoms with Crippen LogP contribution in [0.2, 0.25) is 0 Å². The fourth-order valence-corrected chi connectivity index (χ4v) is 4.34. The Balaban J connectivity index is 1.31. The number of benzene rings is 1. The first-order valence-electron chi connectivity index (χ1n) is 11.3. The van der Waals surface area contributed by atoms with Crippen LogP contribution < -0.4 is 0 Å². The molecule has 0 N–H and O–H groups in total. The molecule has 2 aromatic heterocycles. The molecular formula is C26H30N2O4. The maximum atomic E-state index is 13.1. The summed E-state index contributed by atoms with van der Waals surface area (Å²) in [6, 6.07) is 15.8. The Morgan fingerprint density at radius 1 is 1.00 bits per heavy atom. The van der Waals surface area contributed by atoms with Gasteiger partial charge in [-0.3, -0.25) is 9.59 Å². The van der Waals surface area contributed by atoms with Gasteiger partial charge in [0.2, 0.25) is 5.91 Å². The lowest BCUT2D eigenvalue weighted by molar-refractivity contribution is -0.132. The summed E-state index contributed by atoms with van der Waals surface area (Å²) >= 11 is 0. The van der Waals surface area contributed by atoms with E-state index in [0.717, 1.165) is 32.4 Å². The predicted molar refractivity (Wildman–Crippen MR) is 121 cm³/mol. The number of aryl methyl sites for hydroxylation is 1. The normalized spacial score (nSPS) is 14.5. The standard InChI is InChI=1S/C26H30N2O4/c1-20-24(12-17-31-20)26(30)28(19-23-8-5-16-32-23)15-11-25(29)27-13-9-22(10-14-27)18-21-6-3-2-4-7-21/h2-8,12,16-17,22H,9-11,13-15,18-19H2,1H3. The molecule has 32 heavy (non-hydrogen) atoms. The maximum absolute atomic E-state index is 13.1. The lowest BCUT2D eigenvalue weighted by Crippen LogP contribution is -2.41. The zero-order valence-corrected chi connectivity index (χ0v) is 18.5. The molecule has 4 rings (SSSR count). The van der Waals surface area contributed by atoms with Crippen molar-refractivity contribution in [3.05, 3.63) is 83.7 Å². The number of likely N-dealkylation sites (tertiary alicyclic amines) is 1. The molecule has 168 valence electrons. The second kappa shape index (κ2) is 10.4. The van der Waals surface area contributed by atoms with Gasteiger partial charge in [-0.05, 0) is 55.9 Å². The monoisotopic (exact) mass is 434 g/mol. The molecule has 1 saturated heterocycles. The summed E-state index contributed by atoms with van der Waals surface area (Å²) in [5.41, 5.74) is 1.88. The molecule has 3 aromatic rings. The quantitative estimate of drug-likeness (QED) is 0.516. The van der Waals surface area contributed by atoms with Crippen molar-refractivity contribution in [3.63, 3.8) is 0 Å². The summed E-state index contributed by atoms with van der Waals surface area (Å²) in [5, 5.41) is 0. The lowest BCUT2D eigenvalue weighted by Gasteiger charge is -2.33. The molecule has 6 nitrogen and oxygen atoms in total. The Morgan fingerprint density at radius 3 is 2.44 bits per heavy atom. The van der Waals surface area contributed by atoms with Crippen LogP contribution in [0.4, 0.5) is 0 Å². The SMILES string of the molecule is Cc1occc1C(=O)N(CCC(=O)N1CCC(Cc2ccccc2)CC1)Cc1ccco1. The zero-order chi connectivity index (χ0) is 22.3. The Morgan fingerprint density at radius 2 is 1.78 bits per heavy atom. The van der Waals surface area contributed by atoms with E-state index in [1.165, 1.54) is 11.8 Å². The van der Waals surface area contributed by atoms with Crippen LogP contribution in [0.25, 0.3) is 0 Å². The third-order valence-electron chi connectivity index (χ3n) is 6.23. The summed E-state index contributed by atoms with van der Waals surface area (Å²) < 4.78 is 10.7. The van der Waals surface area contributed by atoms with E-state index in [-0.39, 0.29) is 11.8 Å². The number of carbonyl (C=O) groups is 2. The van der Waals surface area contributed by atoms with Crippen molar-refractivity contribution in [2.24, 2.45) is 5.92 Å². The van der Waals surface area contributed by atoms with Gasteiger partial charge in [-0.25, -0.2) is 0 Å². The Labute approximate surface area is 188 Å². The van der Waals surface area contributed by atoms with E-state index < -0.39 is 0 Å². The van der Waals surface area contributed by atoms with Crippen LogP contribution in [0.3, 0.4) is 0 Å². The van der Waals surface area contributed by atoms with Crippen molar-refractivity contribution in [2.75, 3.05) is 19.6 Å². The topological polar surface area (TPSA) is 66.9 Å². The highest BCUT2D eigenvalue weighted by Gasteiger charge is 2.25. The molecule has 0 unspecified atom stereocenters. The predicted octanol–water partition coefficient (Wildman–Crippen LogP) is 4.69. The van der Waals surface area contributed by atoms with Crippen molar-refractivity contribution >= 4 is 11.8 Å². The van der Waals surface area contributed by atoms with Crippen molar-refractivity contribution < 1.29 is 18.4 Å². The Hall–Kier alpha value is -3.28. The average molecular weight is 435 g/mol. The average Bonchev–Trinajstić information content (AvgIpc) is 3.49. The van der Waals surface area contributed by atoms with Crippen LogP contribution in [-0.2, 0) is 17.8 Å². The van der Waals surface area contributed by atoms with Gasteiger partial charge in [0.25, 0.3) is 5.91 Å². The van der Waals surface area contributed by atoms with Crippen LogP contribution in [0.5, 0.6) is 0 Å². The molecular weight excluding hydrogens is 404 g/mol. The van der Waals surface area contributed by atoms with Crippen LogP contribution >= 0.6 is 0 Å². The summed E-state index contributed by atoms with van der Waals surface area (Å²) in [4.78, 5) is 29.6. The zero-order valence-electron chi connectivity index (χ0n) is 18.5. The fourth-order valence-electron chi connectivity index (χ4n) is 4.34. The Kier molecular flexibility index (Phi) is 7.10. The van der Waals surface area contributed by atoms with Crippen LogP contribution in [0.15, 0.2) is 69.9 Å². The highest BCUT2D eigenvalue weighted by atomic mass is 16.3.